The summed E-state index contributed by atoms with van der Waals surface area (Å²) in [6, 6.07) is 9.82. The van der Waals surface area contributed by atoms with Crippen LogP contribution in [0.2, 0.25) is 0 Å². The van der Waals surface area contributed by atoms with Crippen molar-refractivity contribution >= 4 is 5.91 Å². The summed E-state index contributed by atoms with van der Waals surface area (Å²) in [6.07, 6.45) is -3.49. The zero-order chi connectivity index (χ0) is 30.3. The molecule has 2 atom stereocenters. The highest BCUT2D eigenvalue weighted by molar-refractivity contribution is 5.82. The zero-order valence-corrected chi connectivity index (χ0v) is 23.9. The van der Waals surface area contributed by atoms with Crippen LogP contribution in [0.3, 0.4) is 0 Å². The van der Waals surface area contributed by atoms with Gasteiger partial charge in [0.05, 0.1) is 18.4 Å². The molecule has 0 saturated heterocycles. The molecule has 2 aliphatic rings. The van der Waals surface area contributed by atoms with Crippen LogP contribution in [0.15, 0.2) is 45.4 Å². The number of ether oxygens (including phenoxy) is 1. The second-order valence-corrected chi connectivity index (χ2v) is 11.3. The lowest BCUT2D eigenvalue weighted by Crippen LogP contribution is -2.33. The molecule has 0 spiro atoms. The van der Waals surface area contributed by atoms with Gasteiger partial charge in [-0.15, -0.1) is 13.2 Å². The molecule has 1 amide bonds. The summed E-state index contributed by atoms with van der Waals surface area (Å²) in [5, 5.41) is 11.0. The van der Waals surface area contributed by atoms with Gasteiger partial charge in [0.25, 0.3) is 0 Å². The van der Waals surface area contributed by atoms with E-state index in [1.54, 1.807) is 19.1 Å². The summed E-state index contributed by atoms with van der Waals surface area (Å²) in [6.45, 7) is 7.73. The number of nitrogens with one attached hydrogen (secondary N) is 1. The number of carbonyl (C=O) groups excluding carboxylic acids is 1. The lowest BCUT2D eigenvalue weighted by molar-refractivity contribution is -0.274. The molecule has 0 radical (unpaired) electrons. The molecule has 1 fully saturated rings. The second kappa shape index (κ2) is 11.4. The second-order valence-electron chi connectivity index (χ2n) is 11.3. The molecule has 2 aromatic carbocycles. The van der Waals surface area contributed by atoms with Crippen LogP contribution in [-0.4, -0.2) is 44.0 Å². The van der Waals surface area contributed by atoms with E-state index < -0.39 is 6.36 Å². The predicted molar refractivity (Wildman–Crippen MR) is 146 cm³/mol. The molecular formula is C30H31F3N6O4. The number of fused-ring (bicyclic) bond motifs is 1. The molecule has 2 aromatic heterocycles. The summed E-state index contributed by atoms with van der Waals surface area (Å²) in [5.74, 6) is 1.63. The van der Waals surface area contributed by atoms with E-state index in [1.165, 1.54) is 12.1 Å². The number of aromatic nitrogens is 4. The number of rotatable bonds is 9. The fraction of sp³-hybridized carbons (Fsp3) is 0.433. The van der Waals surface area contributed by atoms with Crippen LogP contribution in [-0.2, 0) is 30.8 Å². The van der Waals surface area contributed by atoms with E-state index in [9.17, 15) is 18.0 Å². The van der Waals surface area contributed by atoms with Gasteiger partial charge in [-0.1, -0.05) is 48.4 Å². The number of nitrogens with zero attached hydrogens (tertiary/aromatic N) is 5. The van der Waals surface area contributed by atoms with E-state index in [0.717, 1.165) is 22.3 Å². The summed E-state index contributed by atoms with van der Waals surface area (Å²) < 4.78 is 53.5. The van der Waals surface area contributed by atoms with E-state index in [2.05, 4.69) is 35.2 Å². The molecule has 3 heterocycles. The Morgan fingerprint density at radius 1 is 1.14 bits per heavy atom. The number of alkyl halides is 3. The van der Waals surface area contributed by atoms with Crippen molar-refractivity contribution < 1.29 is 31.7 Å². The van der Waals surface area contributed by atoms with Crippen LogP contribution < -0.4 is 10.1 Å². The Balaban J connectivity index is 1.24. The molecule has 6 rings (SSSR count). The van der Waals surface area contributed by atoms with Crippen LogP contribution in [0.4, 0.5) is 13.2 Å². The molecule has 0 bridgehead atoms. The number of amides is 1. The maximum Gasteiger partial charge on any atom is 0.573 e. The van der Waals surface area contributed by atoms with Crippen molar-refractivity contribution in [2.24, 2.45) is 5.92 Å². The van der Waals surface area contributed by atoms with Gasteiger partial charge in [-0.2, -0.15) is 9.97 Å². The minimum Gasteiger partial charge on any atom is -0.406 e. The Morgan fingerprint density at radius 3 is 2.70 bits per heavy atom. The van der Waals surface area contributed by atoms with E-state index in [-0.39, 0.29) is 29.4 Å². The van der Waals surface area contributed by atoms with Crippen molar-refractivity contribution in [3.8, 4) is 16.9 Å². The van der Waals surface area contributed by atoms with Gasteiger partial charge in [0.1, 0.15) is 5.75 Å². The highest BCUT2D eigenvalue weighted by Gasteiger charge is 2.47. The van der Waals surface area contributed by atoms with Gasteiger partial charge in [-0.25, -0.2) is 0 Å². The van der Waals surface area contributed by atoms with Crippen LogP contribution >= 0.6 is 0 Å². The van der Waals surface area contributed by atoms with Crippen LogP contribution in [0.5, 0.6) is 5.75 Å². The number of carbonyl (C=O) groups is 1. The van der Waals surface area contributed by atoms with E-state index in [1.807, 2.05) is 26.0 Å². The SMILES string of the molecule is Cc1noc(C2CC2C(=O)NCc2ccc(-c3cccc(OC(F)(F)F)c3)c3c2CN(Cc2noc(C(C)C)n2)CC3)n1. The molecule has 4 aromatic rings. The highest BCUT2D eigenvalue weighted by Crippen LogP contribution is 2.47. The third-order valence-corrected chi connectivity index (χ3v) is 7.75. The highest BCUT2D eigenvalue weighted by atomic mass is 19.4. The molecule has 1 N–H and O–H groups in total. The summed E-state index contributed by atoms with van der Waals surface area (Å²) in [4.78, 5) is 23.9. The molecule has 226 valence electrons. The molecule has 2 unspecified atom stereocenters. The fourth-order valence-electron chi connectivity index (χ4n) is 5.53. The third kappa shape index (κ3) is 6.56. The molecule has 1 aliphatic heterocycles. The largest absolute Gasteiger partial charge is 0.573 e. The third-order valence-electron chi connectivity index (χ3n) is 7.75. The Bertz CT molecular complexity index is 1630. The van der Waals surface area contributed by atoms with Gasteiger partial charge in [0.15, 0.2) is 11.6 Å². The van der Waals surface area contributed by atoms with Gasteiger partial charge in [-0.05, 0) is 59.7 Å². The average molecular weight is 597 g/mol. The van der Waals surface area contributed by atoms with Gasteiger partial charge >= 0.3 is 6.36 Å². The number of benzene rings is 2. The Kier molecular flexibility index (Phi) is 7.67. The standard InChI is InChI=1S/C30H31F3N6O4/c1-16(2)28-36-26(38-42-28)15-39-10-9-22-21(18-5-4-6-20(11-18)41-30(31,32)33)8-7-19(25(22)14-39)13-34-27(40)23-12-24(23)29-35-17(3)37-43-29/h4-8,11,16,23-24H,9-10,12-15H2,1-3H3,(H,34,40). The lowest BCUT2D eigenvalue weighted by atomic mass is 9.87. The molecule has 10 nitrogen and oxygen atoms in total. The van der Waals surface area contributed by atoms with Crippen LogP contribution in [0, 0.1) is 12.8 Å². The Morgan fingerprint density at radius 2 is 1.98 bits per heavy atom. The van der Waals surface area contributed by atoms with Crippen molar-refractivity contribution in [2.45, 2.75) is 71.4 Å². The first-order chi connectivity index (χ1) is 20.5. The Hall–Kier alpha value is -4.26. The van der Waals surface area contributed by atoms with Gasteiger partial charge in [-0.3, -0.25) is 9.69 Å². The maximum atomic E-state index is 13.0. The summed E-state index contributed by atoms with van der Waals surface area (Å²) in [5.41, 5.74) is 4.42. The molecular weight excluding hydrogens is 565 g/mol. The first-order valence-corrected chi connectivity index (χ1v) is 14.2. The van der Waals surface area contributed by atoms with Crippen molar-refractivity contribution in [1.29, 1.82) is 0 Å². The fourth-order valence-corrected chi connectivity index (χ4v) is 5.53. The predicted octanol–water partition coefficient (Wildman–Crippen LogP) is 5.43. The molecule has 1 saturated carbocycles. The lowest BCUT2D eigenvalue weighted by Gasteiger charge is -2.31. The van der Waals surface area contributed by atoms with Crippen LogP contribution in [0.1, 0.15) is 72.2 Å². The van der Waals surface area contributed by atoms with E-state index >= 15 is 0 Å². The first kappa shape index (κ1) is 28.8. The Labute approximate surface area is 245 Å². The maximum absolute atomic E-state index is 13.0. The van der Waals surface area contributed by atoms with Gasteiger partial charge in [0.2, 0.25) is 17.7 Å². The van der Waals surface area contributed by atoms with Crippen molar-refractivity contribution in [1.82, 2.24) is 30.5 Å². The van der Waals surface area contributed by atoms with Gasteiger partial charge < -0.3 is 19.1 Å². The number of hydrogen-bond acceptors (Lipinski definition) is 9. The quantitative estimate of drug-likeness (QED) is 0.270. The minimum atomic E-state index is -4.78. The molecule has 43 heavy (non-hydrogen) atoms. The summed E-state index contributed by atoms with van der Waals surface area (Å²) >= 11 is 0. The number of halogens is 3. The molecule has 13 heteroatoms. The topological polar surface area (TPSA) is 119 Å². The summed E-state index contributed by atoms with van der Waals surface area (Å²) in [7, 11) is 0. The van der Waals surface area contributed by atoms with E-state index in [4.69, 9.17) is 9.05 Å². The average Bonchev–Trinajstić information content (AvgIpc) is 3.41. The number of aryl methyl sites for hydroxylation is 1. The first-order valence-electron chi connectivity index (χ1n) is 14.2. The smallest absolute Gasteiger partial charge is 0.406 e. The van der Waals surface area contributed by atoms with Crippen molar-refractivity contribution in [2.75, 3.05) is 6.54 Å². The van der Waals surface area contributed by atoms with Gasteiger partial charge in [0, 0.05) is 25.6 Å². The number of hydrogen-bond donors (Lipinski definition) is 1. The van der Waals surface area contributed by atoms with E-state index in [0.29, 0.717) is 68.0 Å². The van der Waals surface area contributed by atoms with Crippen molar-refractivity contribution in [3.05, 3.63) is 76.5 Å². The normalized spacial score (nSPS) is 18.5. The minimum absolute atomic E-state index is 0.0788. The van der Waals surface area contributed by atoms with Crippen LogP contribution in [0.25, 0.3) is 11.1 Å². The monoisotopic (exact) mass is 596 g/mol. The molecule has 1 aliphatic carbocycles. The zero-order valence-electron chi connectivity index (χ0n) is 23.9. The van der Waals surface area contributed by atoms with Crippen molar-refractivity contribution in [3.63, 3.8) is 0 Å².